The van der Waals surface area contributed by atoms with Gasteiger partial charge in [-0.1, -0.05) is 42.5 Å². The number of carbonyl (C=O) groups excluding carboxylic acids is 1. The van der Waals surface area contributed by atoms with E-state index in [9.17, 15) is 23.1 Å². The maximum Gasteiger partial charge on any atom is 0.416 e. The van der Waals surface area contributed by atoms with Crippen molar-refractivity contribution < 1.29 is 27.8 Å². The molecule has 2 atom stereocenters. The zero-order chi connectivity index (χ0) is 18.4. The van der Waals surface area contributed by atoms with Crippen LogP contribution in [0.2, 0.25) is 0 Å². The second-order valence-electron chi connectivity index (χ2n) is 5.61. The van der Waals surface area contributed by atoms with Gasteiger partial charge < -0.3 is 9.84 Å². The molecule has 2 aromatic carbocycles. The lowest BCUT2D eigenvalue weighted by Crippen LogP contribution is -2.27. The van der Waals surface area contributed by atoms with Gasteiger partial charge in [-0.05, 0) is 36.6 Å². The van der Waals surface area contributed by atoms with E-state index in [4.69, 9.17) is 4.74 Å². The van der Waals surface area contributed by atoms with Gasteiger partial charge in [0.15, 0.2) is 0 Å². The molecule has 1 N–H and O–H groups in total. The number of ether oxygens (including phenoxy) is 1. The number of benzene rings is 2. The number of rotatable bonds is 6. The zero-order valence-electron chi connectivity index (χ0n) is 13.7. The van der Waals surface area contributed by atoms with Crippen LogP contribution in [0.1, 0.15) is 29.7 Å². The molecule has 0 radical (unpaired) electrons. The summed E-state index contributed by atoms with van der Waals surface area (Å²) in [6.45, 7) is 1.81. The van der Waals surface area contributed by atoms with Crippen LogP contribution in [0.5, 0.6) is 0 Å². The standard InChI is InChI=1S/C19H19F3O3/c1-2-25-18(24)16(12-13-6-4-3-5-7-13)17(23)14-8-10-15(11-9-14)19(20,21)22/h3-11,16-17,23H,2,12H2,1H3. The van der Waals surface area contributed by atoms with Crippen molar-refractivity contribution in [2.45, 2.75) is 25.6 Å². The molecule has 3 nitrogen and oxygen atoms in total. The highest BCUT2D eigenvalue weighted by Crippen LogP contribution is 2.32. The molecule has 0 aliphatic rings. The summed E-state index contributed by atoms with van der Waals surface area (Å²) in [5.41, 5.74) is 0.257. The number of aliphatic hydroxyl groups is 1. The van der Waals surface area contributed by atoms with E-state index in [-0.39, 0.29) is 18.6 Å². The first-order valence-electron chi connectivity index (χ1n) is 7.88. The van der Waals surface area contributed by atoms with Gasteiger partial charge in [0.1, 0.15) is 0 Å². The summed E-state index contributed by atoms with van der Waals surface area (Å²) >= 11 is 0. The van der Waals surface area contributed by atoms with Gasteiger partial charge in [-0.2, -0.15) is 13.2 Å². The third kappa shape index (κ3) is 5.06. The fraction of sp³-hybridized carbons (Fsp3) is 0.316. The van der Waals surface area contributed by atoms with Crippen molar-refractivity contribution in [1.29, 1.82) is 0 Å². The predicted octanol–water partition coefficient (Wildman–Crippen LogP) is 4.16. The van der Waals surface area contributed by atoms with E-state index in [2.05, 4.69) is 0 Å². The zero-order valence-corrected chi connectivity index (χ0v) is 13.7. The summed E-state index contributed by atoms with van der Waals surface area (Å²) in [6, 6.07) is 13.2. The van der Waals surface area contributed by atoms with E-state index in [1.54, 1.807) is 6.92 Å². The molecule has 25 heavy (non-hydrogen) atoms. The third-order valence-corrected chi connectivity index (χ3v) is 3.85. The minimum atomic E-state index is -4.45. The number of halogens is 3. The van der Waals surface area contributed by atoms with Crippen LogP contribution in [-0.4, -0.2) is 17.7 Å². The van der Waals surface area contributed by atoms with E-state index in [0.717, 1.165) is 17.7 Å². The van der Waals surface area contributed by atoms with Gasteiger partial charge in [0.2, 0.25) is 0 Å². The summed E-state index contributed by atoms with van der Waals surface area (Å²) in [6.07, 6.45) is -5.49. The first-order chi connectivity index (χ1) is 11.8. The number of esters is 1. The summed E-state index contributed by atoms with van der Waals surface area (Å²) in [7, 11) is 0. The first-order valence-corrected chi connectivity index (χ1v) is 7.88. The lowest BCUT2D eigenvalue weighted by atomic mass is 9.89. The number of hydrogen-bond donors (Lipinski definition) is 1. The van der Waals surface area contributed by atoms with Crippen LogP contribution in [0.25, 0.3) is 0 Å². The molecule has 2 aromatic rings. The van der Waals surface area contributed by atoms with E-state index in [1.165, 1.54) is 12.1 Å². The van der Waals surface area contributed by atoms with E-state index >= 15 is 0 Å². The molecule has 134 valence electrons. The van der Waals surface area contributed by atoms with Crippen molar-refractivity contribution in [1.82, 2.24) is 0 Å². The molecule has 2 rings (SSSR count). The van der Waals surface area contributed by atoms with Crippen LogP contribution >= 0.6 is 0 Å². The minimum absolute atomic E-state index is 0.157. The van der Waals surface area contributed by atoms with E-state index in [0.29, 0.717) is 0 Å². The Bertz CT molecular complexity index is 681. The number of alkyl halides is 3. The van der Waals surface area contributed by atoms with Crippen molar-refractivity contribution in [3.8, 4) is 0 Å². The molecular formula is C19H19F3O3. The van der Waals surface area contributed by atoms with Crippen LogP contribution in [0, 0.1) is 5.92 Å². The van der Waals surface area contributed by atoms with Crippen LogP contribution in [-0.2, 0) is 22.1 Å². The first kappa shape index (κ1) is 19.0. The topological polar surface area (TPSA) is 46.5 Å². The third-order valence-electron chi connectivity index (χ3n) is 3.85. The van der Waals surface area contributed by atoms with Crippen LogP contribution in [0.4, 0.5) is 13.2 Å². The SMILES string of the molecule is CCOC(=O)C(Cc1ccccc1)C(O)c1ccc(C(F)(F)F)cc1. The summed E-state index contributed by atoms with van der Waals surface area (Å²) in [4.78, 5) is 12.2. The Kier molecular flexibility index (Phi) is 6.20. The van der Waals surface area contributed by atoms with E-state index < -0.39 is 29.7 Å². The molecule has 2 unspecified atom stereocenters. The fourth-order valence-electron chi connectivity index (χ4n) is 2.54. The Labute approximate surface area is 144 Å². The van der Waals surface area contributed by atoms with Crippen LogP contribution < -0.4 is 0 Å². The Balaban J connectivity index is 2.25. The molecule has 0 heterocycles. The number of carbonyl (C=O) groups is 1. The molecule has 0 aliphatic heterocycles. The maximum atomic E-state index is 12.7. The molecule has 0 bridgehead atoms. The molecule has 0 saturated heterocycles. The predicted molar refractivity (Wildman–Crippen MR) is 86.7 cm³/mol. The smallest absolute Gasteiger partial charge is 0.416 e. The molecule has 0 spiro atoms. The normalized spacial score (nSPS) is 14.0. The van der Waals surface area contributed by atoms with E-state index in [1.807, 2.05) is 30.3 Å². The highest BCUT2D eigenvalue weighted by molar-refractivity contribution is 5.73. The molecule has 0 amide bonds. The monoisotopic (exact) mass is 352 g/mol. The van der Waals surface area contributed by atoms with Gasteiger partial charge in [0, 0.05) is 0 Å². The summed E-state index contributed by atoms with van der Waals surface area (Å²) in [5, 5.41) is 10.6. The molecule has 0 aromatic heterocycles. The minimum Gasteiger partial charge on any atom is -0.466 e. The Morgan fingerprint density at radius 3 is 2.20 bits per heavy atom. The summed E-state index contributed by atoms with van der Waals surface area (Å²) < 4.78 is 43.0. The van der Waals surface area contributed by atoms with Crippen molar-refractivity contribution >= 4 is 5.97 Å². The highest BCUT2D eigenvalue weighted by Gasteiger charge is 2.32. The van der Waals surface area contributed by atoms with Gasteiger partial charge in [-0.15, -0.1) is 0 Å². The quantitative estimate of drug-likeness (QED) is 0.794. The molecule has 0 saturated carbocycles. The average molecular weight is 352 g/mol. The Morgan fingerprint density at radius 2 is 1.68 bits per heavy atom. The largest absolute Gasteiger partial charge is 0.466 e. The average Bonchev–Trinajstić information content (AvgIpc) is 2.59. The second-order valence-corrected chi connectivity index (χ2v) is 5.61. The second kappa shape index (κ2) is 8.16. The van der Waals surface area contributed by atoms with Crippen LogP contribution in [0.15, 0.2) is 54.6 Å². The lowest BCUT2D eigenvalue weighted by molar-refractivity contribution is -0.152. The van der Waals surface area contributed by atoms with Crippen molar-refractivity contribution in [2.75, 3.05) is 6.61 Å². The fourth-order valence-corrected chi connectivity index (χ4v) is 2.54. The molecule has 6 heteroatoms. The highest BCUT2D eigenvalue weighted by atomic mass is 19.4. The molecule has 0 aliphatic carbocycles. The van der Waals surface area contributed by atoms with Crippen molar-refractivity contribution in [3.63, 3.8) is 0 Å². The maximum absolute atomic E-state index is 12.7. The van der Waals surface area contributed by atoms with Gasteiger partial charge in [0.05, 0.1) is 24.2 Å². The Morgan fingerprint density at radius 1 is 1.08 bits per heavy atom. The molecular weight excluding hydrogens is 333 g/mol. The van der Waals surface area contributed by atoms with Crippen LogP contribution in [0.3, 0.4) is 0 Å². The van der Waals surface area contributed by atoms with Crippen molar-refractivity contribution in [2.24, 2.45) is 5.92 Å². The lowest BCUT2D eigenvalue weighted by Gasteiger charge is -2.22. The van der Waals surface area contributed by atoms with Crippen molar-refractivity contribution in [3.05, 3.63) is 71.3 Å². The Hall–Kier alpha value is -2.34. The van der Waals surface area contributed by atoms with Gasteiger partial charge in [-0.25, -0.2) is 0 Å². The number of hydrogen-bond acceptors (Lipinski definition) is 3. The number of aliphatic hydroxyl groups excluding tert-OH is 1. The summed E-state index contributed by atoms with van der Waals surface area (Å²) in [5.74, 6) is -1.49. The van der Waals surface area contributed by atoms with Gasteiger partial charge in [0.25, 0.3) is 0 Å². The van der Waals surface area contributed by atoms with Gasteiger partial charge in [-0.3, -0.25) is 4.79 Å². The molecule has 0 fully saturated rings. The van der Waals surface area contributed by atoms with Gasteiger partial charge >= 0.3 is 12.1 Å².